The van der Waals surface area contributed by atoms with Gasteiger partial charge in [-0.25, -0.2) is 9.55 Å². The van der Waals surface area contributed by atoms with E-state index in [0.29, 0.717) is 10.9 Å². The summed E-state index contributed by atoms with van der Waals surface area (Å²) in [5.41, 5.74) is 4.77. The molecule has 1 saturated heterocycles. The Morgan fingerprint density at radius 2 is 1.98 bits per heavy atom. The molecule has 16 nitrogen and oxygen atoms in total. The van der Waals surface area contributed by atoms with E-state index in [4.69, 9.17) is 29.0 Å². The smallest absolute Gasteiger partial charge is 0.459 e. The number of hydrogen-bond donors (Lipinski definition) is 4. The summed E-state index contributed by atoms with van der Waals surface area (Å²) in [6.07, 6.45) is -1.01. The molecule has 4 heterocycles. The van der Waals surface area contributed by atoms with E-state index in [0.717, 1.165) is 0 Å². The molecule has 0 saturated carbocycles. The first-order valence-electron chi connectivity index (χ1n) is 15.3. The highest BCUT2D eigenvalue weighted by Crippen LogP contribution is 2.48. The van der Waals surface area contributed by atoms with Crippen molar-refractivity contribution in [3.05, 3.63) is 42.9 Å². The number of anilines is 1. The van der Waals surface area contributed by atoms with E-state index in [1.165, 1.54) is 24.9 Å². The van der Waals surface area contributed by atoms with E-state index in [9.17, 15) is 19.6 Å². The van der Waals surface area contributed by atoms with Crippen molar-refractivity contribution >= 4 is 41.7 Å². The van der Waals surface area contributed by atoms with E-state index < -0.39 is 56.3 Å². The molecular formula is C31H42N7O9P. The lowest BCUT2D eigenvalue weighted by atomic mass is 9.96. The SMILES string of the molecule is COc1nc(N)nc2c1ncn2C1O[C@H](COP(=O)(N[C@H](C(=O)OCC(C)(C)C)C(C)C)Oc2ccc3ncccc3c2)[C@@H](O)[C@@]1(C)O. The molecule has 5 rings (SSSR count). The normalized spacial score (nSPS) is 23.3. The molecular weight excluding hydrogens is 645 g/mol. The van der Waals surface area contributed by atoms with E-state index in [-0.39, 0.29) is 40.8 Å². The van der Waals surface area contributed by atoms with Gasteiger partial charge in [0, 0.05) is 11.6 Å². The van der Waals surface area contributed by atoms with Crippen LogP contribution in [0.2, 0.25) is 0 Å². The van der Waals surface area contributed by atoms with Crippen molar-refractivity contribution in [1.29, 1.82) is 0 Å². The van der Waals surface area contributed by atoms with Crippen molar-refractivity contribution in [2.75, 3.05) is 26.1 Å². The first kappa shape index (κ1) is 35.4. The number of aliphatic hydroxyl groups excluding tert-OH is 1. The monoisotopic (exact) mass is 687 g/mol. The molecule has 6 atom stereocenters. The second-order valence-corrected chi connectivity index (χ2v) is 15.1. The number of nitrogens with zero attached hydrogens (tertiary/aromatic N) is 5. The molecule has 0 aliphatic carbocycles. The summed E-state index contributed by atoms with van der Waals surface area (Å²) in [5, 5.41) is 26.1. The lowest BCUT2D eigenvalue weighted by Gasteiger charge is -2.29. The molecule has 260 valence electrons. The van der Waals surface area contributed by atoms with Crippen LogP contribution in [-0.4, -0.2) is 84.9 Å². The van der Waals surface area contributed by atoms with Gasteiger partial charge < -0.3 is 34.7 Å². The van der Waals surface area contributed by atoms with Crippen LogP contribution in [0.1, 0.15) is 47.8 Å². The molecule has 17 heteroatoms. The topological polar surface area (TPSA) is 215 Å². The molecule has 48 heavy (non-hydrogen) atoms. The van der Waals surface area contributed by atoms with Crippen molar-refractivity contribution in [2.24, 2.45) is 11.3 Å². The Morgan fingerprint density at radius 1 is 1.23 bits per heavy atom. The predicted molar refractivity (Wildman–Crippen MR) is 175 cm³/mol. The molecule has 3 aromatic heterocycles. The maximum atomic E-state index is 14.5. The zero-order chi connectivity index (χ0) is 35.0. The Kier molecular flexibility index (Phi) is 9.98. The van der Waals surface area contributed by atoms with Gasteiger partial charge >= 0.3 is 13.7 Å². The molecule has 2 unspecified atom stereocenters. The Bertz CT molecular complexity index is 1830. The number of pyridine rings is 1. The number of carbonyl (C=O) groups is 1. The summed E-state index contributed by atoms with van der Waals surface area (Å²) < 4.78 is 44.6. The van der Waals surface area contributed by atoms with Gasteiger partial charge in [-0.3, -0.25) is 18.9 Å². The number of rotatable bonds is 12. The van der Waals surface area contributed by atoms with Crippen LogP contribution in [0.4, 0.5) is 5.95 Å². The Hall–Kier alpha value is -3.92. The number of benzene rings is 1. The summed E-state index contributed by atoms with van der Waals surface area (Å²) >= 11 is 0. The molecule has 0 bridgehead atoms. The van der Waals surface area contributed by atoms with Crippen LogP contribution < -0.4 is 20.1 Å². The van der Waals surface area contributed by atoms with Crippen LogP contribution in [0.25, 0.3) is 22.1 Å². The number of imidazole rings is 1. The quantitative estimate of drug-likeness (QED) is 0.124. The standard InChI is InChI=1S/C31H42N7O9P/c1-17(2)22(27(40)44-15-30(3,4)5)37-48(42,47-19-10-11-20-18(13-19)9-8-12-33-20)45-14-21-24(39)31(6,41)28(46-21)38-16-34-23-25(38)35-29(32)36-26(23)43-7/h8-13,16-17,21-22,24,28,39,41H,14-15H2,1-7H3,(H,37,42)(H2,32,35,36)/t21-,22+,24-,28?,31-,48?/m1/s1. The van der Waals surface area contributed by atoms with Crippen LogP contribution in [0.15, 0.2) is 42.9 Å². The Balaban J connectivity index is 1.42. The molecule has 0 spiro atoms. The summed E-state index contributed by atoms with van der Waals surface area (Å²) in [5.74, 6) is -0.847. The second kappa shape index (κ2) is 13.5. The van der Waals surface area contributed by atoms with Crippen molar-refractivity contribution in [3.8, 4) is 11.6 Å². The fourth-order valence-electron chi connectivity index (χ4n) is 5.13. The number of aromatic nitrogens is 5. The lowest BCUT2D eigenvalue weighted by Crippen LogP contribution is -2.45. The molecule has 1 aromatic carbocycles. The van der Waals surface area contributed by atoms with Crippen LogP contribution >= 0.6 is 7.75 Å². The average molecular weight is 688 g/mol. The number of fused-ring (bicyclic) bond motifs is 2. The highest BCUT2D eigenvalue weighted by Gasteiger charge is 2.54. The first-order chi connectivity index (χ1) is 22.5. The van der Waals surface area contributed by atoms with Gasteiger partial charge in [0.2, 0.25) is 11.8 Å². The van der Waals surface area contributed by atoms with Gasteiger partial charge in [0.25, 0.3) is 0 Å². The molecule has 1 aliphatic heterocycles. The van der Waals surface area contributed by atoms with Crippen LogP contribution in [-0.2, 0) is 23.4 Å². The molecule has 1 fully saturated rings. The van der Waals surface area contributed by atoms with E-state index in [1.807, 2.05) is 26.8 Å². The number of nitrogen functional groups attached to an aromatic ring is 1. The van der Waals surface area contributed by atoms with E-state index in [1.54, 1.807) is 44.3 Å². The van der Waals surface area contributed by atoms with Gasteiger partial charge in [-0.1, -0.05) is 40.7 Å². The maximum absolute atomic E-state index is 14.5. The molecule has 0 amide bonds. The second-order valence-electron chi connectivity index (χ2n) is 13.4. The summed E-state index contributed by atoms with van der Waals surface area (Å²) in [6, 6.07) is 7.37. The van der Waals surface area contributed by atoms with Crippen molar-refractivity contribution < 1.29 is 42.8 Å². The number of nitrogens with two attached hydrogens (primary N) is 1. The Morgan fingerprint density at radius 3 is 2.67 bits per heavy atom. The third-order valence-corrected chi connectivity index (χ3v) is 9.22. The molecule has 1 aliphatic rings. The van der Waals surface area contributed by atoms with Gasteiger partial charge in [0.15, 0.2) is 17.4 Å². The number of aliphatic hydroxyl groups is 2. The van der Waals surface area contributed by atoms with Crippen LogP contribution in [0, 0.1) is 11.3 Å². The van der Waals surface area contributed by atoms with E-state index in [2.05, 4.69) is 25.0 Å². The molecule has 0 radical (unpaired) electrons. The zero-order valence-corrected chi connectivity index (χ0v) is 28.7. The highest BCUT2D eigenvalue weighted by atomic mass is 31.2. The van der Waals surface area contributed by atoms with Gasteiger partial charge in [0.1, 0.15) is 29.6 Å². The first-order valence-corrected chi connectivity index (χ1v) is 16.9. The minimum Gasteiger partial charge on any atom is -0.479 e. The average Bonchev–Trinajstić information content (AvgIpc) is 3.53. The number of ether oxygens (including phenoxy) is 3. The zero-order valence-electron chi connectivity index (χ0n) is 27.9. The number of esters is 1. The van der Waals surface area contributed by atoms with Crippen LogP contribution in [0.5, 0.6) is 11.6 Å². The van der Waals surface area contributed by atoms with Crippen molar-refractivity contribution in [2.45, 2.75) is 71.6 Å². The fraction of sp³-hybridized carbons (Fsp3) is 0.516. The Labute approximate surface area is 277 Å². The maximum Gasteiger partial charge on any atom is 0.459 e. The predicted octanol–water partition coefficient (Wildman–Crippen LogP) is 3.38. The highest BCUT2D eigenvalue weighted by molar-refractivity contribution is 7.52. The lowest BCUT2D eigenvalue weighted by molar-refractivity contribution is -0.149. The number of methoxy groups -OCH3 is 1. The van der Waals surface area contributed by atoms with Crippen LogP contribution in [0.3, 0.4) is 0 Å². The minimum absolute atomic E-state index is 0.103. The summed E-state index contributed by atoms with van der Waals surface area (Å²) in [6.45, 7) is 10.3. The summed E-state index contributed by atoms with van der Waals surface area (Å²) in [4.78, 5) is 30.0. The fourth-order valence-corrected chi connectivity index (χ4v) is 6.79. The van der Waals surface area contributed by atoms with Crippen molar-refractivity contribution in [1.82, 2.24) is 29.6 Å². The third-order valence-electron chi connectivity index (χ3n) is 7.68. The van der Waals surface area contributed by atoms with E-state index >= 15 is 0 Å². The third kappa shape index (κ3) is 7.53. The van der Waals surface area contributed by atoms with Gasteiger partial charge in [0.05, 0.1) is 32.2 Å². The van der Waals surface area contributed by atoms with Gasteiger partial charge in [-0.05, 0) is 42.5 Å². The molecule has 4 aromatic rings. The van der Waals surface area contributed by atoms with Gasteiger partial charge in [-0.2, -0.15) is 15.1 Å². The van der Waals surface area contributed by atoms with Crippen molar-refractivity contribution in [3.63, 3.8) is 0 Å². The number of carbonyl (C=O) groups excluding carboxylic acids is 1. The van der Waals surface area contributed by atoms with Gasteiger partial charge in [-0.15, -0.1) is 0 Å². The summed E-state index contributed by atoms with van der Waals surface area (Å²) in [7, 11) is -3.02. The number of nitrogens with one attached hydrogen (secondary N) is 1. The number of hydrogen-bond acceptors (Lipinski definition) is 14. The minimum atomic E-state index is -4.42. The molecule has 5 N–H and O–H groups in total. The largest absolute Gasteiger partial charge is 0.479 e.